The third-order valence-electron chi connectivity index (χ3n) is 5.95. The van der Waals surface area contributed by atoms with E-state index in [0.717, 1.165) is 3.97 Å². The summed E-state index contributed by atoms with van der Waals surface area (Å²) in [5.74, 6) is -0.400. The van der Waals surface area contributed by atoms with Crippen molar-refractivity contribution in [2.45, 2.75) is 4.90 Å². The van der Waals surface area contributed by atoms with Gasteiger partial charge in [-0.15, -0.1) is 0 Å². The maximum Gasteiger partial charge on any atom is 0.407 e. The standard InChI is InChI=1S/C24H21FN4O4S/c25-18-6-4-5-17(15-18)21-16-26-23-20(22(21)27-11-13-28(14-12-27)24(30)31)9-10-29(23)34(32,33)19-7-2-1-3-8-19/h1-10,15-16H,11-14H2,(H,30,31). The molecule has 0 bridgehead atoms. The van der Waals surface area contributed by atoms with Gasteiger partial charge in [0.05, 0.1) is 10.6 Å². The van der Waals surface area contributed by atoms with Crippen LogP contribution in [0.25, 0.3) is 22.2 Å². The number of carboxylic acid groups (broad SMARTS) is 1. The molecule has 3 heterocycles. The molecule has 1 amide bonds. The zero-order chi connectivity index (χ0) is 23.9. The van der Waals surface area contributed by atoms with Gasteiger partial charge in [0.2, 0.25) is 0 Å². The van der Waals surface area contributed by atoms with Crippen LogP contribution in [0.5, 0.6) is 0 Å². The van der Waals surface area contributed by atoms with Crippen molar-refractivity contribution in [3.8, 4) is 11.1 Å². The Balaban J connectivity index is 1.68. The number of carbonyl (C=O) groups is 1. The van der Waals surface area contributed by atoms with E-state index in [1.807, 2.05) is 4.90 Å². The zero-order valence-electron chi connectivity index (χ0n) is 18.0. The molecule has 0 atom stereocenters. The summed E-state index contributed by atoms with van der Waals surface area (Å²) in [6.07, 6.45) is 2.03. The lowest BCUT2D eigenvalue weighted by molar-refractivity contribution is 0.142. The first-order chi connectivity index (χ1) is 16.4. The Hall–Kier alpha value is -3.92. The highest BCUT2D eigenvalue weighted by Gasteiger charge is 2.27. The van der Waals surface area contributed by atoms with Gasteiger partial charge in [-0.2, -0.15) is 0 Å². The number of nitrogens with zero attached hydrogens (tertiary/aromatic N) is 4. The molecule has 2 aromatic carbocycles. The number of hydrogen-bond acceptors (Lipinski definition) is 5. The Morgan fingerprint density at radius 3 is 2.38 bits per heavy atom. The van der Waals surface area contributed by atoms with E-state index >= 15 is 0 Å². The molecule has 34 heavy (non-hydrogen) atoms. The van der Waals surface area contributed by atoms with Gasteiger partial charge in [0.1, 0.15) is 5.82 Å². The lowest BCUT2D eigenvalue weighted by Gasteiger charge is -2.36. The molecule has 174 valence electrons. The highest BCUT2D eigenvalue weighted by atomic mass is 32.2. The van der Waals surface area contributed by atoms with Crippen LogP contribution in [0.15, 0.2) is 78.0 Å². The topological polar surface area (TPSA) is 95.7 Å². The molecule has 1 aliphatic heterocycles. The first-order valence-corrected chi connectivity index (χ1v) is 12.1. The molecular formula is C24H21FN4O4S. The van der Waals surface area contributed by atoms with Crippen LogP contribution in [0, 0.1) is 5.82 Å². The van der Waals surface area contributed by atoms with E-state index in [2.05, 4.69) is 4.98 Å². The van der Waals surface area contributed by atoms with Gasteiger partial charge < -0.3 is 14.9 Å². The maximum atomic E-state index is 14.0. The summed E-state index contributed by atoms with van der Waals surface area (Å²) in [5.41, 5.74) is 2.19. The second-order valence-corrected chi connectivity index (χ2v) is 9.77. The van der Waals surface area contributed by atoms with Gasteiger partial charge in [-0.25, -0.2) is 26.6 Å². The van der Waals surface area contributed by atoms with Crippen LogP contribution in [0.4, 0.5) is 14.9 Å². The average molecular weight is 481 g/mol. The smallest absolute Gasteiger partial charge is 0.407 e. The Morgan fingerprint density at radius 2 is 1.71 bits per heavy atom. The summed E-state index contributed by atoms with van der Waals surface area (Å²) in [5, 5.41) is 9.90. The molecule has 5 rings (SSSR count). The summed E-state index contributed by atoms with van der Waals surface area (Å²) in [6.45, 7) is 1.41. The van der Waals surface area contributed by atoms with Crippen molar-refractivity contribution in [1.82, 2.24) is 13.9 Å². The number of rotatable bonds is 4. The highest BCUT2D eigenvalue weighted by molar-refractivity contribution is 7.90. The molecule has 2 aromatic heterocycles. The van der Waals surface area contributed by atoms with Gasteiger partial charge in [-0.1, -0.05) is 30.3 Å². The predicted octanol–water partition coefficient (Wildman–Crippen LogP) is 3.88. The summed E-state index contributed by atoms with van der Waals surface area (Å²) >= 11 is 0. The Morgan fingerprint density at radius 1 is 0.971 bits per heavy atom. The number of halogens is 1. The van der Waals surface area contributed by atoms with E-state index in [-0.39, 0.29) is 10.5 Å². The number of benzene rings is 2. The van der Waals surface area contributed by atoms with Crippen molar-refractivity contribution in [3.05, 3.63) is 78.9 Å². The molecule has 0 spiro atoms. The van der Waals surface area contributed by atoms with Crippen molar-refractivity contribution in [3.63, 3.8) is 0 Å². The van der Waals surface area contributed by atoms with Crippen LogP contribution in [0.3, 0.4) is 0 Å². The average Bonchev–Trinajstić information content (AvgIpc) is 3.29. The quantitative estimate of drug-likeness (QED) is 0.476. The van der Waals surface area contributed by atoms with Crippen LogP contribution in [-0.2, 0) is 10.0 Å². The lowest BCUT2D eigenvalue weighted by Crippen LogP contribution is -2.48. The fourth-order valence-electron chi connectivity index (χ4n) is 4.28. The van der Waals surface area contributed by atoms with E-state index in [4.69, 9.17) is 0 Å². The molecule has 0 saturated carbocycles. The molecule has 0 aliphatic carbocycles. The first kappa shape index (κ1) is 21.9. The number of pyridine rings is 1. The second-order valence-electron chi connectivity index (χ2n) is 7.95. The molecule has 1 N–H and O–H groups in total. The normalized spacial score (nSPS) is 14.5. The van der Waals surface area contributed by atoms with Gasteiger partial charge in [0.25, 0.3) is 10.0 Å². The van der Waals surface area contributed by atoms with Gasteiger partial charge in [0, 0.05) is 49.5 Å². The first-order valence-electron chi connectivity index (χ1n) is 10.7. The molecular weight excluding hydrogens is 459 g/mol. The molecule has 1 fully saturated rings. The molecule has 0 unspecified atom stereocenters. The summed E-state index contributed by atoms with van der Waals surface area (Å²) in [7, 11) is -3.88. The van der Waals surface area contributed by atoms with Crippen molar-refractivity contribution in [2.24, 2.45) is 0 Å². The fourth-order valence-corrected chi connectivity index (χ4v) is 5.60. The second kappa shape index (κ2) is 8.45. The van der Waals surface area contributed by atoms with Gasteiger partial charge in [-0.05, 0) is 35.9 Å². The van der Waals surface area contributed by atoms with Crippen molar-refractivity contribution in [1.29, 1.82) is 0 Å². The minimum atomic E-state index is -3.88. The minimum Gasteiger partial charge on any atom is -0.465 e. The molecule has 4 aromatic rings. The number of piperazine rings is 1. The maximum absolute atomic E-state index is 14.0. The monoisotopic (exact) mass is 480 g/mol. The van der Waals surface area contributed by atoms with Gasteiger partial charge in [0.15, 0.2) is 5.65 Å². The number of hydrogen-bond donors (Lipinski definition) is 1. The van der Waals surface area contributed by atoms with Crippen LogP contribution in [-0.4, -0.2) is 59.7 Å². The number of fused-ring (bicyclic) bond motifs is 1. The molecule has 1 aliphatic rings. The van der Waals surface area contributed by atoms with E-state index in [0.29, 0.717) is 48.4 Å². The number of aromatic nitrogens is 2. The van der Waals surface area contributed by atoms with Gasteiger partial charge >= 0.3 is 6.09 Å². The molecule has 1 saturated heterocycles. The minimum absolute atomic E-state index is 0.139. The Bertz CT molecular complexity index is 1480. The number of amides is 1. The third-order valence-corrected chi connectivity index (χ3v) is 7.63. The molecule has 0 radical (unpaired) electrons. The van der Waals surface area contributed by atoms with E-state index in [1.165, 1.54) is 35.4 Å². The van der Waals surface area contributed by atoms with Gasteiger partial charge in [-0.3, -0.25) is 0 Å². The molecule has 10 heteroatoms. The van der Waals surface area contributed by atoms with Crippen LogP contribution in [0.2, 0.25) is 0 Å². The predicted molar refractivity (Wildman–Crippen MR) is 126 cm³/mol. The van der Waals surface area contributed by atoms with Crippen LogP contribution in [0.1, 0.15) is 0 Å². The lowest BCUT2D eigenvalue weighted by atomic mass is 10.0. The zero-order valence-corrected chi connectivity index (χ0v) is 18.8. The van der Waals surface area contributed by atoms with Crippen molar-refractivity contribution >= 4 is 32.8 Å². The van der Waals surface area contributed by atoms with Crippen LogP contribution >= 0.6 is 0 Å². The Kier molecular flexibility index (Phi) is 5.45. The number of anilines is 1. The molecule has 8 nitrogen and oxygen atoms in total. The van der Waals surface area contributed by atoms with E-state index < -0.39 is 21.9 Å². The summed E-state index contributed by atoms with van der Waals surface area (Å²) in [6, 6.07) is 15.9. The largest absolute Gasteiger partial charge is 0.465 e. The third kappa shape index (κ3) is 3.75. The van der Waals surface area contributed by atoms with Crippen LogP contribution < -0.4 is 4.90 Å². The Labute approximate surface area is 195 Å². The summed E-state index contributed by atoms with van der Waals surface area (Å²) < 4.78 is 41.8. The highest BCUT2D eigenvalue weighted by Crippen LogP contribution is 2.38. The van der Waals surface area contributed by atoms with Crippen molar-refractivity contribution < 1.29 is 22.7 Å². The fraction of sp³-hybridized carbons (Fsp3) is 0.167. The van der Waals surface area contributed by atoms with E-state index in [1.54, 1.807) is 42.6 Å². The van der Waals surface area contributed by atoms with Crippen molar-refractivity contribution in [2.75, 3.05) is 31.1 Å². The summed E-state index contributed by atoms with van der Waals surface area (Å²) in [4.78, 5) is 19.3. The van der Waals surface area contributed by atoms with E-state index in [9.17, 15) is 22.7 Å². The SMILES string of the molecule is O=C(O)N1CCN(c2c(-c3cccc(F)c3)cnc3c2ccn3S(=O)(=O)c2ccccc2)CC1.